The summed E-state index contributed by atoms with van der Waals surface area (Å²) in [5, 5.41) is 0. The molecule has 0 unspecified atom stereocenters. The summed E-state index contributed by atoms with van der Waals surface area (Å²) in [7, 11) is 4.00. The second kappa shape index (κ2) is 28.5. The minimum absolute atomic E-state index is 0. The molecule has 0 fully saturated rings. The first-order chi connectivity index (χ1) is 1.00. The molecule has 0 aromatic carbocycles. The summed E-state index contributed by atoms with van der Waals surface area (Å²) in [5.74, 6) is 0. The molecule has 0 aromatic heterocycles. The van der Waals surface area contributed by atoms with Crippen molar-refractivity contribution in [2.75, 3.05) is 0 Å². The molecule has 0 aliphatic rings. The maximum absolute atomic E-state index is 2.00. The van der Waals surface area contributed by atoms with E-state index >= 15 is 0 Å². The Balaban J connectivity index is -0.000000000333. The third-order valence-corrected chi connectivity index (χ3v) is 0. The van der Waals surface area contributed by atoms with Gasteiger partial charge >= 0.3 is 36.2 Å². The molecule has 0 rings (SSSR count). The van der Waals surface area contributed by atoms with E-state index in [0.717, 1.165) is 0 Å². The summed E-state index contributed by atoms with van der Waals surface area (Å²) in [6, 6.07) is 0. The van der Waals surface area contributed by atoms with Gasteiger partial charge in [-0.1, -0.05) is 0 Å². The minimum atomic E-state index is 0. The van der Waals surface area contributed by atoms with Gasteiger partial charge < -0.3 is 5.71 Å². The molecule has 0 aliphatic heterocycles. The van der Waals surface area contributed by atoms with Crippen molar-refractivity contribution in [2.24, 2.45) is 0 Å². The Morgan fingerprint density at radius 3 is 1.25 bits per heavy atom. The van der Waals surface area contributed by atoms with E-state index in [1.165, 1.54) is 0 Å². The average Bonchev–Trinajstić information content (AvgIpc) is 1.00. The standard InChI is InChI=1S/Al.B2H4.Li.4H/c;1-2;;;;;/h;1-2H2;;;;;/q+3;;+1;4*-1. The van der Waals surface area contributed by atoms with Crippen molar-refractivity contribution in [2.45, 2.75) is 0 Å². The fraction of sp³-hybridized carbons (Fsp3) is 0. The monoisotopic (exact) mass is 64.1 g/mol. The van der Waals surface area contributed by atoms with Crippen LogP contribution >= 0.6 is 0 Å². The third-order valence-electron chi connectivity index (χ3n) is 0. The van der Waals surface area contributed by atoms with Crippen LogP contribution in [0.2, 0.25) is 0 Å². The summed E-state index contributed by atoms with van der Waals surface area (Å²) in [4.78, 5) is 0. The van der Waals surface area contributed by atoms with Crippen molar-refractivity contribution >= 4 is 32.8 Å². The Bertz CT molecular complexity index is 14.0. The molecule has 0 N–H and O–H groups in total. The van der Waals surface area contributed by atoms with Gasteiger partial charge in [0, 0.05) is 0 Å². The van der Waals surface area contributed by atoms with Gasteiger partial charge in [-0.25, -0.2) is 0 Å². The van der Waals surface area contributed by atoms with Crippen LogP contribution in [0.3, 0.4) is 0 Å². The maximum atomic E-state index is 2.00. The van der Waals surface area contributed by atoms with Crippen LogP contribution in [0, 0.1) is 0 Å². The van der Waals surface area contributed by atoms with Crippen LogP contribution in [0.1, 0.15) is 5.71 Å². The first-order valence-corrected chi connectivity index (χ1v) is 1.00. The van der Waals surface area contributed by atoms with Crippen molar-refractivity contribution in [1.82, 2.24) is 0 Å². The van der Waals surface area contributed by atoms with Crippen LogP contribution in [0.4, 0.5) is 0 Å². The van der Waals surface area contributed by atoms with Crippen molar-refractivity contribution < 1.29 is 24.6 Å². The van der Waals surface area contributed by atoms with Gasteiger partial charge in [-0.05, 0) is 0 Å². The van der Waals surface area contributed by atoms with E-state index in [-0.39, 0.29) is 41.9 Å². The molecule has 4 heteroatoms. The molecular formula is H8AlB2Li. The Morgan fingerprint density at radius 2 is 1.25 bits per heavy atom. The van der Waals surface area contributed by atoms with E-state index in [9.17, 15) is 0 Å². The van der Waals surface area contributed by atoms with Gasteiger partial charge in [0.25, 0.3) is 0 Å². The molecule has 0 saturated carbocycles. The number of hydrogen-bond donors (Lipinski definition) is 0. The first kappa shape index (κ1) is 18.7. The molecule has 0 atom stereocenters. The van der Waals surface area contributed by atoms with E-state index in [0.29, 0.717) is 0 Å². The van der Waals surface area contributed by atoms with Crippen LogP contribution in [-0.2, 0) is 0 Å². The van der Waals surface area contributed by atoms with Crippen LogP contribution in [-0.4, -0.2) is 32.8 Å². The third kappa shape index (κ3) is 10.5. The van der Waals surface area contributed by atoms with Crippen LogP contribution < -0.4 is 18.9 Å². The molecule has 0 nitrogen and oxygen atoms in total. The van der Waals surface area contributed by atoms with E-state index in [1.807, 2.05) is 15.5 Å². The zero-order valence-corrected chi connectivity index (χ0v) is 4.73. The summed E-state index contributed by atoms with van der Waals surface area (Å²) in [6.07, 6.45) is 0. The van der Waals surface area contributed by atoms with Gasteiger partial charge in [-0.2, -0.15) is 0 Å². The normalized spacial score (nSPS) is 1.00. The molecule has 4 heavy (non-hydrogen) atoms. The predicted octanol–water partition coefficient (Wildman–Crippen LogP) is -4.76. The van der Waals surface area contributed by atoms with E-state index in [4.69, 9.17) is 0 Å². The first-order valence-electron chi connectivity index (χ1n) is 1.00. The summed E-state index contributed by atoms with van der Waals surface area (Å²) in [6.45, 7) is 0. The SMILES string of the molecule is BB.[Al+3].[H-].[H-].[H-].[H-].[Li+]. The molecule has 0 heterocycles. The summed E-state index contributed by atoms with van der Waals surface area (Å²) in [5.41, 5.74) is 0. The minimum Gasteiger partial charge on any atom is -1.00 e. The topological polar surface area (TPSA) is 0 Å². The predicted molar refractivity (Wildman–Crippen MR) is 27.3 cm³/mol. The second-order valence-electron chi connectivity index (χ2n) is 0. The molecule has 0 amide bonds. The molecule has 0 saturated heterocycles. The second-order valence-corrected chi connectivity index (χ2v) is 0. The van der Waals surface area contributed by atoms with Gasteiger partial charge in [0.15, 0.2) is 0 Å². The van der Waals surface area contributed by atoms with Crippen molar-refractivity contribution in [3.8, 4) is 0 Å². The molecule has 0 aromatic rings. The van der Waals surface area contributed by atoms with Crippen molar-refractivity contribution in [3.63, 3.8) is 0 Å². The molecule has 0 radical (unpaired) electrons. The van der Waals surface area contributed by atoms with Gasteiger partial charge in [0.1, 0.15) is 0 Å². The van der Waals surface area contributed by atoms with Crippen LogP contribution in [0.25, 0.3) is 0 Å². The fourth-order valence-electron chi connectivity index (χ4n) is 0. The Hall–Kier alpha value is 1.26. The van der Waals surface area contributed by atoms with Crippen molar-refractivity contribution in [3.05, 3.63) is 0 Å². The van der Waals surface area contributed by atoms with E-state index < -0.39 is 0 Å². The number of rotatable bonds is 0. The molecule has 18 valence electrons. The molecule has 0 bridgehead atoms. The summed E-state index contributed by atoms with van der Waals surface area (Å²) < 4.78 is 0. The molecular weight excluding hydrogens is 55.5 g/mol. The zero-order chi connectivity index (χ0) is 2.00. The van der Waals surface area contributed by atoms with Gasteiger partial charge in [-0.15, -0.1) is 0 Å². The van der Waals surface area contributed by atoms with Crippen molar-refractivity contribution in [1.29, 1.82) is 0 Å². The Morgan fingerprint density at radius 1 is 1.25 bits per heavy atom. The van der Waals surface area contributed by atoms with Gasteiger partial charge in [-0.3, -0.25) is 0 Å². The fourth-order valence-corrected chi connectivity index (χ4v) is 0. The molecule has 0 spiro atoms. The summed E-state index contributed by atoms with van der Waals surface area (Å²) >= 11 is 0. The molecule has 0 aliphatic carbocycles. The van der Waals surface area contributed by atoms with Gasteiger partial charge in [0.2, 0.25) is 0 Å². The number of hydrogen-bond acceptors (Lipinski definition) is 0. The van der Waals surface area contributed by atoms with E-state index in [1.54, 1.807) is 0 Å². The average molecular weight is 63.6 g/mol. The Labute approximate surface area is 57.8 Å². The smallest absolute Gasteiger partial charge is 1.00 e. The van der Waals surface area contributed by atoms with Gasteiger partial charge in [0.05, 0.1) is 15.5 Å². The Kier molecular flexibility index (Phi) is 133. The van der Waals surface area contributed by atoms with E-state index in [2.05, 4.69) is 0 Å². The van der Waals surface area contributed by atoms with Crippen LogP contribution in [0.15, 0.2) is 0 Å². The maximum Gasteiger partial charge on any atom is 3.00 e. The van der Waals surface area contributed by atoms with Crippen LogP contribution in [0.5, 0.6) is 0 Å². The zero-order valence-electron chi connectivity index (χ0n) is 7.58. The quantitative estimate of drug-likeness (QED) is 0.248. The largest absolute Gasteiger partial charge is 3.00 e.